The predicted octanol–water partition coefficient (Wildman–Crippen LogP) is 1.10. The van der Waals surface area contributed by atoms with Crippen molar-refractivity contribution in [2.24, 2.45) is 0 Å². The molecule has 10 nitrogen and oxygen atoms in total. The van der Waals surface area contributed by atoms with Gasteiger partial charge in [-0.2, -0.15) is 0 Å². The summed E-state index contributed by atoms with van der Waals surface area (Å²) in [5, 5.41) is 4.60. The van der Waals surface area contributed by atoms with E-state index in [9.17, 15) is 24.0 Å². The number of benzene rings is 1. The van der Waals surface area contributed by atoms with Gasteiger partial charge in [-0.05, 0) is 38.0 Å². The number of nitrogens with zero attached hydrogens (tertiary/aromatic N) is 1. The maximum absolute atomic E-state index is 12.5. The van der Waals surface area contributed by atoms with Crippen LogP contribution < -0.4 is 10.6 Å². The summed E-state index contributed by atoms with van der Waals surface area (Å²) < 4.78 is 9.82. The molecule has 0 bridgehead atoms. The maximum Gasteiger partial charge on any atom is 0.338 e. The molecular formula is C20H25N3O7. The van der Waals surface area contributed by atoms with Crippen molar-refractivity contribution >= 4 is 29.7 Å². The van der Waals surface area contributed by atoms with Crippen molar-refractivity contribution in [2.45, 2.75) is 32.7 Å². The second-order valence-electron chi connectivity index (χ2n) is 6.78. The Kier molecular flexibility index (Phi) is 8.05. The van der Waals surface area contributed by atoms with E-state index in [0.717, 1.165) is 4.90 Å². The third-order valence-corrected chi connectivity index (χ3v) is 4.51. The zero-order valence-electron chi connectivity index (χ0n) is 17.1. The van der Waals surface area contributed by atoms with Crippen LogP contribution in [0, 0.1) is 0 Å². The van der Waals surface area contributed by atoms with Crippen molar-refractivity contribution < 1.29 is 33.4 Å². The predicted molar refractivity (Wildman–Crippen MR) is 105 cm³/mol. The summed E-state index contributed by atoms with van der Waals surface area (Å²) in [6.45, 7) is 3.60. The lowest BCUT2D eigenvalue weighted by molar-refractivity contribution is -0.123. The topological polar surface area (TPSA) is 131 Å². The fourth-order valence-electron chi connectivity index (χ4n) is 2.73. The van der Waals surface area contributed by atoms with E-state index in [2.05, 4.69) is 10.6 Å². The largest absolute Gasteiger partial charge is 0.452 e. The van der Waals surface area contributed by atoms with Crippen LogP contribution in [0.15, 0.2) is 18.2 Å². The summed E-state index contributed by atoms with van der Waals surface area (Å²) in [7, 11) is 1.53. The van der Waals surface area contributed by atoms with Crippen LogP contribution in [0.5, 0.6) is 0 Å². The van der Waals surface area contributed by atoms with Gasteiger partial charge < -0.3 is 14.8 Å². The molecule has 0 radical (unpaired) electrons. The standard InChI is InChI=1S/C20H25N3O7/c1-4-12(2)21-20(28)22-16(24)11-30-19(27)13-6-7-14-15(10-13)18(26)23(17(14)25)8-5-9-29-3/h6-7,10,12H,4-5,8-9,11H2,1-3H3,(H2,21,22,24,28)/t12-/m1/s1. The number of ether oxygens (including phenoxy) is 2. The molecule has 0 spiro atoms. The number of urea groups is 1. The third-order valence-electron chi connectivity index (χ3n) is 4.51. The normalized spacial score (nSPS) is 13.6. The average molecular weight is 419 g/mol. The van der Waals surface area contributed by atoms with E-state index < -0.39 is 36.3 Å². The van der Waals surface area contributed by atoms with Crippen molar-refractivity contribution in [2.75, 3.05) is 26.9 Å². The van der Waals surface area contributed by atoms with E-state index in [4.69, 9.17) is 9.47 Å². The molecule has 0 saturated heterocycles. The number of carbonyl (C=O) groups excluding carboxylic acids is 5. The van der Waals surface area contributed by atoms with Gasteiger partial charge in [-0.15, -0.1) is 0 Å². The van der Waals surface area contributed by atoms with Crippen molar-refractivity contribution in [1.29, 1.82) is 0 Å². The minimum Gasteiger partial charge on any atom is -0.452 e. The number of esters is 1. The quantitative estimate of drug-likeness (QED) is 0.348. The Balaban J connectivity index is 1.95. The van der Waals surface area contributed by atoms with Gasteiger partial charge >= 0.3 is 12.0 Å². The van der Waals surface area contributed by atoms with E-state index >= 15 is 0 Å². The number of imide groups is 2. The highest BCUT2D eigenvalue weighted by Crippen LogP contribution is 2.24. The molecule has 0 fully saturated rings. The molecule has 1 aliphatic rings. The minimum absolute atomic E-state index is 0.0190. The molecule has 0 unspecified atom stereocenters. The van der Waals surface area contributed by atoms with Crippen molar-refractivity contribution in [1.82, 2.24) is 15.5 Å². The fraction of sp³-hybridized carbons (Fsp3) is 0.450. The number of rotatable bonds is 9. The van der Waals surface area contributed by atoms with Gasteiger partial charge in [0, 0.05) is 26.3 Å². The molecule has 2 rings (SSSR count). The molecular weight excluding hydrogens is 394 g/mol. The Labute approximate surface area is 173 Å². The van der Waals surface area contributed by atoms with Crippen LogP contribution in [-0.4, -0.2) is 67.5 Å². The number of fused-ring (bicyclic) bond motifs is 1. The van der Waals surface area contributed by atoms with Crippen LogP contribution >= 0.6 is 0 Å². The maximum atomic E-state index is 12.5. The fourth-order valence-corrected chi connectivity index (χ4v) is 2.73. The molecule has 0 aromatic heterocycles. The van der Waals surface area contributed by atoms with Crippen LogP contribution in [-0.2, 0) is 14.3 Å². The molecule has 10 heteroatoms. The summed E-state index contributed by atoms with van der Waals surface area (Å²) in [6, 6.07) is 3.20. The Morgan fingerprint density at radius 1 is 1.13 bits per heavy atom. The van der Waals surface area contributed by atoms with Gasteiger partial charge in [0.1, 0.15) is 0 Å². The highest BCUT2D eigenvalue weighted by Gasteiger charge is 2.35. The molecule has 0 aliphatic carbocycles. The van der Waals surface area contributed by atoms with Gasteiger partial charge in [-0.1, -0.05) is 6.92 Å². The second-order valence-corrected chi connectivity index (χ2v) is 6.78. The van der Waals surface area contributed by atoms with E-state index in [-0.39, 0.29) is 29.3 Å². The first-order chi connectivity index (χ1) is 14.3. The van der Waals surface area contributed by atoms with E-state index in [1.54, 1.807) is 6.92 Å². The van der Waals surface area contributed by atoms with Crippen molar-refractivity contribution in [3.63, 3.8) is 0 Å². The van der Waals surface area contributed by atoms with Crippen LogP contribution in [0.1, 0.15) is 57.8 Å². The Hall–Kier alpha value is -3.27. The second kappa shape index (κ2) is 10.5. The first-order valence-electron chi connectivity index (χ1n) is 9.55. The molecule has 1 atom stereocenters. The lowest BCUT2D eigenvalue weighted by Gasteiger charge is -2.12. The molecule has 1 aliphatic heterocycles. The molecule has 1 heterocycles. The summed E-state index contributed by atoms with van der Waals surface area (Å²) in [4.78, 5) is 61.5. The van der Waals surface area contributed by atoms with E-state index in [1.807, 2.05) is 6.92 Å². The molecule has 162 valence electrons. The molecule has 2 N–H and O–H groups in total. The number of hydrogen-bond donors (Lipinski definition) is 2. The minimum atomic E-state index is -0.853. The van der Waals surface area contributed by atoms with Crippen molar-refractivity contribution in [3.8, 4) is 0 Å². The summed E-state index contributed by atoms with van der Waals surface area (Å²) in [5.74, 6) is -2.58. The highest BCUT2D eigenvalue weighted by atomic mass is 16.5. The molecule has 1 aromatic carbocycles. The van der Waals surface area contributed by atoms with Crippen LogP contribution in [0.25, 0.3) is 0 Å². The first-order valence-corrected chi connectivity index (χ1v) is 9.55. The Morgan fingerprint density at radius 2 is 1.83 bits per heavy atom. The summed E-state index contributed by atoms with van der Waals surface area (Å²) in [6.07, 6.45) is 1.19. The SMILES string of the molecule is CC[C@@H](C)NC(=O)NC(=O)COC(=O)c1ccc2c(c1)C(=O)N(CCCOC)C2=O. The zero-order valence-corrected chi connectivity index (χ0v) is 17.1. The lowest BCUT2D eigenvalue weighted by Crippen LogP contribution is -2.44. The lowest BCUT2D eigenvalue weighted by atomic mass is 10.1. The number of amides is 5. The molecule has 30 heavy (non-hydrogen) atoms. The van der Waals surface area contributed by atoms with Gasteiger partial charge in [0.25, 0.3) is 17.7 Å². The van der Waals surface area contributed by atoms with Crippen LogP contribution in [0.3, 0.4) is 0 Å². The van der Waals surface area contributed by atoms with E-state index in [1.165, 1.54) is 25.3 Å². The van der Waals surface area contributed by atoms with E-state index in [0.29, 0.717) is 19.4 Å². The summed E-state index contributed by atoms with van der Waals surface area (Å²) in [5.41, 5.74) is 0.322. The number of carbonyl (C=O) groups is 5. The Morgan fingerprint density at radius 3 is 2.50 bits per heavy atom. The third kappa shape index (κ3) is 5.63. The van der Waals surface area contributed by atoms with Gasteiger partial charge in [0.05, 0.1) is 16.7 Å². The van der Waals surface area contributed by atoms with Gasteiger partial charge in [0.15, 0.2) is 6.61 Å². The van der Waals surface area contributed by atoms with Crippen LogP contribution in [0.2, 0.25) is 0 Å². The highest BCUT2D eigenvalue weighted by molar-refractivity contribution is 6.22. The zero-order chi connectivity index (χ0) is 22.3. The number of nitrogens with one attached hydrogen (secondary N) is 2. The molecule has 0 saturated carbocycles. The first kappa shape index (κ1) is 23.0. The van der Waals surface area contributed by atoms with Gasteiger partial charge in [-0.3, -0.25) is 24.6 Å². The molecule has 1 aromatic rings. The summed E-state index contributed by atoms with van der Waals surface area (Å²) >= 11 is 0. The Bertz CT molecular complexity index is 853. The average Bonchev–Trinajstić information content (AvgIpc) is 2.96. The molecule has 5 amide bonds. The number of hydrogen-bond acceptors (Lipinski definition) is 7. The monoisotopic (exact) mass is 419 g/mol. The number of methoxy groups -OCH3 is 1. The smallest absolute Gasteiger partial charge is 0.338 e. The van der Waals surface area contributed by atoms with Crippen molar-refractivity contribution in [3.05, 3.63) is 34.9 Å². The van der Waals surface area contributed by atoms with Crippen LogP contribution in [0.4, 0.5) is 4.79 Å². The van der Waals surface area contributed by atoms with Gasteiger partial charge in [-0.25, -0.2) is 9.59 Å². The van der Waals surface area contributed by atoms with Gasteiger partial charge in [0.2, 0.25) is 0 Å².